The molecule has 1 saturated heterocycles. The van der Waals surface area contributed by atoms with Crippen LogP contribution in [0.5, 0.6) is 17.2 Å². The minimum Gasteiger partial charge on any atom is -0.508 e. The van der Waals surface area contributed by atoms with Gasteiger partial charge in [0, 0.05) is 6.07 Å². The van der Waals surface area contributed by atoms with Crippen LogP contribution >= 0.6 is 24.0 Å². The molecule has 1 N–H and O–H groups in total. The zero-order valence-electron chi connectivity index (χ0n) is 13.6. The zero-order valence-corrected chi connectivity index (χ0v) is 15.2. The first-order valence-corrected chi connectivity index (χ1v) is 8.55. The van der Waals surface area contributed by atoms with Crippen LogP contribution in [0, 0.1) is 0 Å². The molecule has 0 spiro atoms. The quantitative estimate of drug-likeness (QED) is 0.650. The zero-order chi connectivity index (χ0) is 18.0. The van der Waals surface area contributed by atoms with Crippen molar-refractivity contribution in [1.29, 1.82) is 0 Å². The fourth-order valence-corrected chi connectivity index (χ4v) is 3.72. The fourth-order valence-electron chi connectivity index (χ4n) is 2.42. The third-order valence-electron chi connectivity index (χ3n) is 3.59. The molecule has 0 radical (unpaired) electrons. The molecular formula is C18H15NO4S2. The minimum absolute atomic E-state index is 0.0791. The lowest BCUT2D eigenvalue weighted by Crippen LogP contribution is -2.27. The third kappa shape index (κ3) is 3.47. The number of phenols is 1. The van der Waals surface area contributed by atoms with Crippen LogP contribution in [0.15, 0.2) is 47.4 Å². The summed E-state index contributed by atoms with van der Waals surface area (Å²) in [5.41, 5.74) is 1.34. The molecule has 2 aromatic rings. The van der Waals surface area contributed by atoms with Crippen LogP contribution in [0.3, 0.4) is 0 Å². The van der Waals surface area contributed by atoms with E-state index in [1.165, 1.54) is 22.7 Å². The Morgan fingerprint density at radius 2 is 1.88 bits per heavy atom. The second-order valence-corrected chi connectivity index (χ2v) is 6.83. The van der Waals surface area contributed by atoms with E-state index in [2.05, 4.69) is 0 Å². The number of hydrogen-bond donors (Lipinski definition) is 1. The van der Waals surface area contributed by atoms with Gasteiger partial charge in [0.15, 0.2) is 15.8 Å². The molecule has 5 nitrogen and oxygen atoms in total. The molecule has 2 aromatic carbocycles. The number of rotatable bonds is 4. The van der Waals surface area contributed by atoms with E-state index in [0.29, 0.717) is 26.4 Å². The molecule has 0 saturated carbocycles. The van der Waals surface area contributed by atoms with Crippen molar-refractivity contribution in [3.8, 4) is 17.2 Å². The summed E-state index contributed by atoms with van der Waals surface area (Å²) in [6.07, 6.45) is 1.75. The normalized spacial score (nSPS) is 15.8. The summed E-state index contributed by atoms with van der Waals surface area (Å²) >= 11 is 6.54. The van der Waals surface area contributed by atoms with Crippen LogP contribution in [0.1, 0.15) is 5.56 Å². The molecule has 0 aliphatic carbocycles. The Morgan fingerprint density at radius 1 is 1.12 bits per heavy atom. The number of amides is 1. The average Bonchev–Trinajstić information content (AvgIpc) is 2.88. The molecule has 7 heteroatoms. The van der Waals surface area contributed by atoms with E-state index < -0.39 is 0 Å². The number of methoxy groups -OCH3 is 2. The lowest BCUT2D eigenvalue weighted by atomic mass is 10.2. The number of ether oxygens (including phenoxy) is 2. The number of carbonyl (C=O) groups excluding carboxylic acids is 1. The SMILES string of the molecule is COc1ccc(C=C2SC(=S)N(c3cccc(O)c3)C2=O)cc1OC. The van der Waals surface area contributed by atoms with Gasteiger partial charge >= 0.3 is 0 Å². The molecule has 1 aliphatic heterocycles. The van der Waals surface area contributed by atoms with Gasteiger partial charge in [-0.3, -0.25) is 9.69 Å². The van der Waals surface area contributed by atoms with Gasteiger partial charge in [-0.25, -0.2) is 0 Å². The van der Waals surface area contributed by atoms with Crippen molar-refractivity contribution in [2.24, 2.45) is 0 Å². The molecule has 25 heavy (non-hydrogen) atoms. The highest BCUT2D eigenvalue weighted by molar-refractivity contribution is 8.27. The molecule has 1 aliphatic rings. The topological polar surface area (TPSA) is 59.0 Å². The number of phenolic OH excluding ortho intramolecular Hbond substituents is 1. The van der Waals surface area contributed by atoms with Gasteiger partial charge in [0.25, 0.3) is 5.91 Å². The number of carbonyl (C=O) groups is 1. The summed E-state index contributed by atoms with van der Waals surface area (Å²) < 4.78 is 10.9. The number of thioether (sulfide) groups is 1. The van der Waals surface area contributed by atoms with Crippen molar-refractivity contribution >= 4 is 46.0 Å². The molecule has 0 atom stereocenters. The van der Waals surface area contributed by atoms with Crippen molar-refractivity contribution in [1.82, 2.24) is 0 Å². The Labute approximate surface area is 154 Å². The maximum Gasteiger partial charge on any atom is 0.270 e. The summed E-state index contributed by atoms with van der Waals surface area (Å²) in [6, 6.07) is 11.8. The van der Waals surface area contributed by atoms with Crippen LogP contribution in [0.4, 0.5) is 5.69 Å². The van der Waals surface area contributed by atoms with Gasteiger partial charge in [-0.2, -0.15) is 0 Å². The van der Waals surface area contributed by atoms with Crippen molar-refractivity contribution in [3.63, 3.8) is 0 Å². The van der Waals surface area contributed by atoms with E-state index >= 15 is 0 Å². The van der Waals surface area contributed by atoms with Gasteiger partial charge in [-0.05, 0) is 35.9 Å². The maximum atomic E-state index is 12.7. The number of nitrogens with zero attached hydrogens (tertiary/aromatic N) is 1. The van der Waals surface area contributed by atoms with E-state index in [-0.39, 0.29) is 11.7 Å². The van der Waals surface area contributed by atoms with Gasteiger partial charge in [-0.1, -0.05) is 36.1 Å². The summed E-state index contributed by atoms with van der Waals surface area (Å²) in [7, 11) is 3.13. The highest BCUT2D eigenvalue weighted by atomic mass is 32.2. The third-order valence-corrected chi connectivity index (χ3v) is 4.89. The first-order chi connectivity index (χ1) is 12.0. The van der Waals surface area contributed by atoms with Gasteiger partial charge in [0.05, 0.1) is 24.8 Å². The maximum absolute atomic E-state index is 12.7. The van der Waals surface area contributed by atoms with Gasteiger partial charge < -0.3 is 14.6 Å². The van der Waals surface area contributed by atoms with Crippen LogP contribution < -0.4 is 14.4 Å². The molecule has 1 amide bonds. The van der Waals surface area contributed by atoms with Gasteiger partial charge in [-0.15, -0.1) is 0 Å². The van der Waals surface area contributed by atoms with Crippen LogP contribution in [-0.4, -0.2) is 29.6 Å². The fraction of sp³-hybridized carbons (Fsp3) is 0.111. The van der Waals surface area contributed by atoms with Crippen molar-refractivity contribution in [2.45, 2.75) is 0 Å². The second kappa shape index (κ2) is 7.16. The Balaban J connectivity index is 1.93. The van der Waals surface area contributed by atoms with Crippen molar-refractivity contribution < 1.29 is 19.4 Å². The van der Waals surface area contributed by atoms with Gasteiger partial charge in [0.2, 0.25) is 0 Å². The summed E-state index contributed by atoms with van der Waals surface area (Å²) in [6.45, 7) is 0. The number of anilines is 1. The van der Waals surface area contributed by atoms with Gasteiger partial charge in [0.1, 0.15) is 5.75 Å². The molecule has 128 valence electrons. The molecule has 1 heterocycles. The smallest absolute Gasteiger partial charge is 0.270 e. The standard InChI is InChI=1S/C18H15NO4S2/c1-22-14-7-6-11(8-15(14)23-2)9-16-17(21)19(18(24)25-16)12-4-3-5-13(20)10-12/h3-10,20H,1-2H3. The Morgan fingerprint density at radius 3 is 2.56 bits per heavy atom. The summed E-state index contributed by atoms with van der Waals surface area (Å²) in [5, 5.41) is 9.63. The predicted octanol–water partition coefficient (Wildman–Crippen LogP) is 3.82. The van der Waals surface area contributed by atoms with Crippen LogP contribution in [0.2, 0.25) is 0 Å². The Kier molecular flexibility index (Phi) is 4.96. The van der Waals surface area contributed by atoms with E-state index in [1.54, 1.807) is 50.6 Å². The summed E-state index contributed by atoms with van der Waals surface area (Å²) in [5.74, 6) is 1.05. The van der Waals surface area contributed by atoms with E-state index in [9.17, 15) is 9.90 Å². The molecule has 3 rings (SSSR count). The molecule has 0 unspecified atom stereocenters. The lowest BCUT2D eigenvalue weighted by Gasteiger charge is -2.14. The van der Waals surface area contributed by atoms with Crippen LogP contribution in [-0.2, 0) is 4.79 Å². The minimum atomic E-state index is -0.226. The highest BCUT2D eigenvalue weighted by Gasteiger charge is 2.33. The summed E-state index contributed by atoms with van der Waals surface area (Å²) in [4.78, 5) is 14.6. The predicted molar refractivity (Wildman–Crippen MR) is 103 cm³/mol. The monoisotopic (exact) mass is 373 g/mol. The second-order valence-electron chi connectivity index (χ2n) is 5.15. The Hall–Kier alpha value is -2.51. The molecule has 0 bridgehead atoms. The van der Waals surface area contributed by atoms with Crippen LogP contribution in [0.25, 0.3) is 6.08 Å². The number of hydrogen-bond acceptors (Lipinski definition) is 6. The number of aromatic hydroxyl groups is 1. The number of benzene rings is 2. The average molecular weight is 373 g/mol. The first-order valence-electron chi connectivity index (χ1n) is 7.32. The molecule has 0 aromatic heterocycles. The Bertz CT molecular complexity index is 879. The van der Waals surface area contributed by atoms with E-state index in [1.807, 2.05) is 6.07 Å². The van der Waals surface area contributed by atoms with Crippen molar-refractivity contribution in [2.75, 3.05) is 19.1 Å². The van der Waals surface area contributed by atoms with E-state index in [4.69, 9.17) is 21.7 Å². The highest BCUT2D eigenvalue weighted by Crippen LogP contribution is 2.37. The first kappa shape index (κ1) is 17.3. The molecule has 1 fully saturated rings. The van der Waals surface area contributed by atoms with Crippen molar-refractivity contribution in [3.05, 3.63) is 52.9 Å². The molecular weight excluding hydrogens is 358 g/mol. The number of thiocarbonyl (C=S) groups is 1. The lowest BCUT2D eigenvalue weighted by molar-refractivity contribution is -0.113. The van der Waals surface area contributed by atoms with E-state index in [0.717, 1.165) is 5.56 Å². The largest absolute Gasteiger partial charge is 0.508 e.